The number of nitro benzene ring substituents is 1. The molecule has 1 saturated heterocycles. The summed E-state index contributed by atoms with van der Waals surface area (Å²) < 4.78 is 5.46. The van der Waals surface area contributed by atoms with E-state index in [2.05, 4.69) is 10.1 Å². The van der Waals surface area contributed by atoms with Gasteiger partial charge in [-0.3, -0.25) is 14.9 Å². The van der Waals surface area contributed by atoms with E-state index in [-0.39, 0.29) is 28.1 Å². The number of aromatic nitrogens is 2. The molecule has 2 aromatic carbocycles. The molecule has 1 fully saturated rings. The van der Waals surface area contributed by atoms with E-state index in [0.29, 0.717) is 24.8 Å². The Morgan fingerprint density at radius 3 is 2.76 bits per heavy atom. The van der Waals surface area contributed by atoms with Gasteiger partial charge in [0.1, 0.15) is 0 Å². The van der Waals surface area contributed by atoms with Crippen molar-refractivity contribution in [2.45, 2.75) is 18.8 Å². The Morgan fingerprint density at radius 2 is 2.03 bits per heavy atom. The van der Waals surface area contributed by atoms with E-state index in [4.69, 9.17) is 16.1 Å². The Balaban J connectivity index is 1.51. The molecule has 1 atom stereocenters. The quantitative estimate of drug-likeness (QED) is 0.467. The molecule has 0 spiro atoms. The SMILES string of the molecule is O=C(c1ccc([N+](=O)[O-])cc1Cl)N1CCCC(c2nc(-c3ccccc3)no2)C1. The maximum atomic E-state index is 12.9. The van der Waals surface area contributed by atoms with Crippen LogP contribution in [-0.2, 0) is 0 Å². The van der Waals surface area contributed by atoms with Gasteiger partial charge in [-0.2, -0.15) is 4.98 Å². The fourth-order valence-electron chi connectivity index (χ4n) is 3.43. The summed E-state index contributed by atoms with van der Waals surface area (Å²) in [5.74, 6) is 0.672. The highest BCUT2D eigenvalue weighted by molar-refractivity contribution is 6.34. The summed E-state index contributed by atoms with van der Waals surface area (Å²) in [6.07, 6.45) is 1.61. The third kappa shape index (κ3) is 3.97. The molecule has 0 bridgehead atoms. The fourth-order valence-corrected chi connectivity index (χ4v) is 3.69. The summed E-state index contributed by atoms with van der Waals surface area (Å²) in [6.45, 7) is 0.991. The number of non-ortho nitro benzene ring substituents is 1. The normalized spacial score (nSPS) is 16.6. The highest BCUT2D eigenvalue weighted by Crippen LogP contribution is 2.30. The molecule has 4 rings (SSSR count). The van der Waals surface area contributed by atoms with E-state index in [1.807, 2.05) is 30.3 Å². The van der Waals surface area contributed by atoms with Crippen LogP contribution in [0.2, 0.25) is 5.02 Å². The molecule has 9 heteroatoms. The van der Waals surface area contributed by atoms with Crippen molar-refractivity contribution in [2.24, 2.45) is 0 Å². The lowest BCUT2D eigenvalue weighted by Gasteiger charge is -2.31. The second kappa shape index (κ2) is 8.00. The zero-order valence-electron chi connectivity index (χ0n) is 15.3. The minimum Gasteiger partial charge on any atom is -0.339 e. The average molecular weight is 413 g/mol. The lowest BCUT2D eigenvalue weighted by atomic mass is 9.97. The van der Waals surface area contributed by atoms with E-state index in [0.717, 1.165) is 18.4 Å². The fraction of sp³-hybridized carbons (Fsp3) is 0.250. The van der Waals surface area contributed by atoms with Gasteiger partial charge >= 0.3 is 0 Å². The Bertz CT molecular complexity index is 1050. The number of hydrogen-bond acceptors (Lipinski definition) is 6. The summed E-state index contributed by atoms with van der Waals surface area (Å²) in [5.41, 5.74) is 0.958. The molecule has 3 aromatic rings. The van der Waals surface area contributed by atoms with Crippen molar-refractivity contribution in [3.8, 4) is 11.4 Å². The van der Waals surface area contributed by atoms with E-state index < -0.39 is 4.92 Å². The molecule has 1 amide bonds. The molecular formula is C20H17ClN4O4. The van der Waals surface area contributed by atoms with Gasteiger partial charge in [0.25, 0.3) is 11.6 Å². The van der Waals surface area contributed by atoms with Gasteiger partial charge in [-0.05, 0) is 18.9 Å². The van der Waals surface area contributed by atoms with E-state index in [9.17, 15) is 14.9 Å². The molecule has 1 aliphatic heterocycles. The Hall–Kier alpha value is -3.26. The van der Waals surface area contributed by atoms with Crippen molar-refractivity contribution in [3.05, 3.63) is 75.1 Å². The smallest absolute Gasteiger partial charge is 0.270 e. The van der Waals surface area contributed by atoms with Gasteiger partial charge in [-0.25, -0.2) is 0 Å². The van der Waals surface area contributed by atoms with E-state index >= 15 is 0 Å². The van der Waals surface area contributed by atoms with Crippen LogP contribution < -0.4 is 0 Å². The topological polar surface area (TPSA) is 102 Å². The minimum atomic E-state index is -0.545. The standard InChI is InChI=1S/C20H17ClN4O4/c21-17-11-15(25(27)28)8-9-16(17)20(26)24-10-4-7-14(12-24)19-22-18(23-29-19)13-5-2-1-3-6-13/h1-3,5-6,8-9,11,14H,4,7,10,12H2. The number of benzene rings is 2. The summed E-state index contributed by atoms with van der Waals surface area (Å²) in [6, 6.07) is 13.4. The average Bonchev–Trinajstić information content (AvgIpc) is 3.24. The summed E-state index contributed by atoms with van der Waals surface area (Å²) >= 11 is 6.12. The predicted octanol–water partition coefficient (Wildman–Crippen LogP) is 4.32. The molecule has 1 aromatic heterocycles. The van der Waals surface area contributed by atoms with Crippen LogP contribution in [0.4, 0.5) is 5.69 Å². The zero-order chi connectivity index (χ0) is 20.4. The summed E-state index contributed by atoms with van der Waals surface area (Å²) in [5, 5.41) is 15.0. The van der Waals surface area contributed by atoms with Gasteiger partial charge < -0.3 is 9.42 Å². The monoisotopic (exact) mass is 412 g/mol. The van der Waals surface area contributed by atoms with Gasteiger partial charge in [0.2, 0.25) is 11.7 Å². The molecule has 8 nitrogen and oxygen atoms in total. The van der Waals surface area contributed by atoms with Crippen molar-refractivity contribution in [3.63, 3.8) is 0 Å². The third-order valence-electron chi connectivity index (χ3n) is 4.93. The highest BCUT2D eigenvalue weighted by Gasteiger charge is 2.30. The molecule has 0 N–H and O–H groups in total. The number of nitrogens with zero attached hydrogens (tertiary/aromatic N) is 4. The maximum Gasteiger partial charge on any atom is 0.270 e. The van der Waals surface area contributed by atoms with Gasteiger partial charge in [-0.15, -0.1) is 0 Å². The van der Waals surface area contributed by atoms with Gasteiger partial charge in [0, 0.05) is 30.8 Å². The van der Waals surface area contributed by atoms with Crippen LogP contribution in [0.5, 0.6) is 0 Å². The number of carbonyl (C=O) groups excluding carboxylic acids is 1. The first-order valence-corrected chi connectivity index (χ1v) is 9.53. The maximum absolute atomic E-state index is 12.9. The predicted molar refractivity (Wildman–Crippen MR) is 106 cm³/mol. The van der Waals surface area contributed by atoms with E-state index in [1.165, 1.54) is 18.2 Å². The molecule has 0 saturated carbocycles. The van der Waals surface area contributed by atoms with Crippen LogP contribution in [0.25, 0.3) is 11.4 Å². The summed E-state index contributed by atoms with van der Waals surface area (Å²) in [4.78, 5) is 29.4. The molecule has 29 heavy (non-hydrogen) atoms. The Labute approximate surface area is 171 Å². The van der Waals surface area contributed by atoms with Crippen LogP contribution in [0.3, 0.4) is 0 Å². The first-order valence-electron chi connectivity index (χ1n) is 9.15. The van der Waals surface area contributed by atoms with Crippen molar-refractivity contribution in [2.75, 3.05) is 13.1 Å². The van der Waals surface area contributed by atoms with Crippen molar-refractivity contribution in [1.29, 1.82) is 0 Å². The third-order valence-corrected chi connectivity index (χ3v) is 5.24. The van der Waals surface area contributed by atoms with E-state index in [1.54, 1.807) is 4.90 Å². The number of rotatable bonds is 4. The van der Waals surface area contributed by atoms with Gasteiger partial charge in [0.05, 0.1) is 21.4 Å². The van der Waals surface area contributed by atoms with Crippen LogP contribution in [-0.4, -0.2) is 39.0 Å². The molecule has 0 radical (unpaired) electrons. The molecular weight excluding hydrogens is 396 g/mol. The second-order valence-corrected chi connectivity index (χ2v) is 7.24. The number of carbonyl (C=O) groups is 1. The minimum absolute atomic E-state index is 0.0653. The Morgan fingerprint density at radius 1 is 1.24 bits per heavy atom. The lowest BCUT2D eigenvalue weighted by molar-refractivity contribution is -0.384. The lowest BCUT2D eigenvalue weighted by Crippen LogP contribution is -2.39. The first-order chi connectivity index (χ1) is 14.0. The van der Waals surface area contributed by atoms with Gasteiger partial charge in [-0.1, -0.05) is 47.1 Å². The molecule has 0 aliphatic carbocycles. The largest absolute Gasteiger partial charge is 0.339 e. The number of amides is 1. The summed E-state index contributed by atoms with van der Waals surface area (Å²) in [7, 11) is 0. The Kier molecular flexibility index (Phi) is 5.26. The number of likely N-dealkylation sites (tertiary alicyclic amines) is 1. The first kappa shape index (κ1) is 19.1. The number of piperidine rings is 1. The van der Waals surface area contributed by atoms with Crippen molar-refractivity contribution >= 4 is 23.2 Å². The van der Waals surface area contributed by atoms with Crippen LogP contribution >= 0.6 is 11.6 Å². The van der Waals surface area contributed by atoms with Crippen molar-refractivity contribution < 1.29 is 14.2 Å². The number of hydrogen-bond donors (Lipinski definition) is 0. The molecule has 1 unspecified atom stereocenters. The second-order valence-electron chi connectivity index (χ2n) is 6.83. The molecule has 148 valence electrons. The highest BCUT2D eigenvalue weighted by atomic mass is 35.5. The van der Waals surface area contributed by atoms with Crippen molar-refractivity contribution in [1.82, 2.24) is 15.0 Å². The van der Waals surface area contributed by atoms with Gasteiger partial charge in [0.15, 0.2) is 0 Å². The molecule has 2 heterocycles. The van der Waals surface area contributed by atoms with Crippen LogP contribution in [0.15, 0.2) is 53.1 Å². The number of nitro groups is 1. The number of halogens is 1. The van der Waals surface area contributed by atoms with Crippen LogP contribution in [0, 0.1) is 10.1 Å². The van der Waals surface area contributed by atoms with Crippen LogP contribution in [0.1, 0.15) is 35.0 Å². The zero-order valence-corrected chi connectivity index (χ0v) is 16.1. The molecule has 1 aliphatic rings.